The molecule has 1 aromatic rings. The summed E-state index contributed by atoms with van der Waals surface area (Å²) in [6.07, 6.45) is 0.903. The minimum atomic E-state index is 0.297. The van der Waals surface area contributed by atoms with Gasteiger partial charge in [-0.3, -0.25) is 0 Å². The van der Waals surface area contributed by atoms with E-state index in [1.165, 1.54) is 0 Å². The summed E-state index contributed by atoms with van der Waals surface area (Å²) in [6, 6.07) is 3.87. The van der Waals surface area contributed by atoms with Gasteiger partial charge in [0.2, 0.25) is 6.79 Å². The predicted molar refractivity (Wildman–Crippen MR) is 61.2 cm³/mol. The maximum absolute atomic E-state index is 5.33. The Morgan fingerprint density at radius 3 is 2.67 bits per heavy atom. The molecule has 0 aliphatic carbocycles. The average molecular weight is 273 g/mol. The van der Waals surface area contributed by atoms with E-state index in [0.29, 0.717) is 11.6 Å². The van der Waals surface area contributed by atoms with Crippen LogP contribution in [0, 0.1) is 0 Å². The average Bonchev–Trinajstić information content (AvgIpc) is 2.62. The van der Waals surface area contributed by atoms with Crippen molar-refractivity contribution in [3.05, 3.63) is 17.7 Å². The van der Waals surface area contributed by atoms with Gasteiger partial charge in [-0.15, -0.1) is 0 Å². The Balaban J connectivity index is 2.35. The third-order valence-corrected chi connectivity index (χ3v) is 2.60. The summed E-state index contributed by atoms with van der Waals surface area (Å²) in [5.41, 5.74) is 1.13. The second-order valence-electron chi connectivity index (χ2n) is 3.50. The second kappa shape index (κ2) is 4.31. The molecule has 3 nitrogen and oxygen atoms in total. The van der Waals surface area contributed by atoms with Gasteiger partial charge in [0, 0.05) is 10.9 Å². The molecule has 0 bridgehead atoms. The van der Waals surface area contributed by atoms with E-state index < -0.39 is 0 Å². The standard InChI is InChI=1S/C11H13BrO3/c1-7(12)3-8-4-10-11(15-6-14-10)5-9(8)13-2/h4-5,7H,3,6H2,1-2H3. The van der Waals surface area contributed by atoms with E-state index in [1.54, 1.807) is 7.11 Å². The number of benzene rings is 1. The normalized spacial score (nSPS) is 15.1. The lowest BCUT2D eigenvalue weighted by Gasteiger charge is -2.10. The Morgan fingerprint density at radius 2 is 2.07 bits per heavy atom. The van der Waals surface area contributed by atoms with E-state index >= 15 is 0 Å². The van der Waals surface area contributed by atoms with Gasteiger partial charge >= 0.3 is 0 Å². The van der Waals surface area contributed by atoms with Gasteiger partial charge < -0.3 is 14.2 Å². The molecule has 15 heavy (non-hydrogen) atoms. The van der Waals surface area contributed by atoms with Gasteiger partial charge in [0.1, 0.15) is 5.75 Å². The van der Waals surface area contributed by atoms with Crippen molar-refractivity contribution in [3.63, 3.8) is 0 Å². The number of fused-ring (bicyclic) bond motifs is 1. The molecule has 1 aliphatic heterocycles. The molecule has 0 N–H and O–H groups in total. The van der Waals surface area contributed by atoms with Crippen LogP contribution in [0.5, 0.6) is 17.2 Å². The fraction of sp³-hybridized carbons (Fsp3) is 0.455. The molecule has 0 aromatic heterocycles. The van der Waals surface area contributed by atoms with E-state index in [2.05, 4.69) is 22.9 Å². The first-order valence-corrected chi connectivity index (χ1v) is 5.73. The Bertz CT molecular complexity index is 363. The number of ether oxygens (including phenoxy) is 3. The number of hydrogen-bond donors (Lipinski definition) is 0. The monoisotopic (exact) mass is 272 g/mol. The highest BCUT2D eigenvalue weighted by molar-refractivity contribution is 9.09. The Labute approximate surface area is 97.5 Å². The topological polar surface area (TPSA) is 27.7 Å². The molecule has 0 spiro atoms. The Hall–Kier alpha value is -0.900. The zero-order valence-electron chi connectivity index (χ0n) is 8.75. The molecule has 0 radical (unpaired) electrons. The van der Waals surface area contributed by atoms with Crippen molar-refractivity contribution >= 4 is 15.9 Å². The Morgan fingerprint density at radius 1 is 1.40 bits per heavy atom. The Kier molecular flexibility index (Phi) is 3.05. The van der Waals surface area contributed by atoms with Gasteiger partial charge in [-0.25, -0.2) is 0 Å². The lowest BCUT2D eigenvalue weighted by atomic mass is 10.1. The van der Waals surface area contributed by atoms with Gasteiger partial charge in [0.15, 0.2) is 11.5 Å². The van der Waals surface area contributed by atoms with Gasteiger partial charge in [-0.2, -0.15) is 0 Å². The highest BCUT2D eigenvalue weighted by Gasteiger charge is 2.18. The first kappa shape index (κ1) is 10.6. The second-order valence-corrected chi connectivity index (χ2v) is 5.07. The quantitative estimate of drug-likeness (QED) is 0.792. The largest absolute Gasteiger partial charge is 0.496 e. The van der Waals surface area contributed by atoms with Gasteiger partial charge in [0.05, 0.1) is 7.11 Å². The number of halogens is 1. The van der Waals surface area contributed by atoms with Crippen molar-refractivity contribution < 1.29 is 14.2 Å². The summed E-state index contributed by atoms with van der Waals surface area (Å²) in [7, 11) is 1.67. The molecule has 0 amide bonds. The fourth-order valence-electron chi connectivity index (χ4n) is 1.62. The molecule has 1 unspecified atom stereocenters. The zero-order chi connectivity index (χ0) is 10.8. The molecular formula is C11H13BrO3. The maximum atomic E-state index is 5.33. The summed E-state index contributed by atoms with van der Waals surface area (Å²) in [5, 5.41) is 0. The minimum absolute atomic E-state index is 0.297. The van der Waals surface area contributed by atoms with Crippen LogP contribution in [0.25, 0.3) is 0 Å². The number of hydrogen-bond acceptors (Lipinski definition) is 3. The van der Waals surface area contributed by atoms with Crippen molar-refractivity contribution in [1.29, 1.82) is 0 Å². The van der Waals surface area contributed by atoms with Crippen LogP contribution in [0.2, 0.25) is 0 Å². The third-order valence-electron chi connectivity index (χ3n) is 2.28. The summed E-state index contributed by atoms with van der Waals surface area (Å²) < 4.78 is 15.9. The van der Waals surface area contributed by atoms with E-state index in [1.807, 2.05) is 12.1 Å². The number of alkyl halides is 1. The van der Waals surface area contributed by atoms with Gasteiger partial charge in [0.25, 0.3) is 0 Å². The van der Waals surface area contributed by atoms with Crippen molar-refractivity contribution in [2.75, 3.05) is 13.9 Å². The molecule has 2 rings (SSSR count). The van der Waals surface area contributed by atoms with Crippen LogP contribution in [0.4, 0.5) is 0 Å². The van der Waals surface area contributed by atoms with Crippen LogP contribution in [-0.2, 0) is 6.42 Å². The maximum Gasteiger partial charge on any atom is 0.231 e. The lowest BCUT2D eigenvalue weighted by Crippen LogP contribution is -1.99. The molecule has 0 saturated carbocycles. The highest BCUT2D eigenvalue weighted by Crippen LogP contribution is 2.38. The minimum Gasteiger partial charge on any atom is -0.496 e. The van der Waals surface area contributed by atoms with Gasteiger partial charge in [-0.1, -0.05) is 22.9 Å². The molecule has 4 heteroatoms. The third kappa shape index (κ3) is 2.20. The van der Waals surface area contributed by atoms with Gasteiger partial charge in [-0.05, 0) is 18.1 Å². The van der Waals surface area contributed by atoms with E-state index in [9.17, 15) is 0 Å². The fourth-order valence-corrected chi connectivity index (χ4v) is 1.97. The molecule has 1 atom stereocenters. The molecule has 1 aliphatic rings. The van der Waals surface area contributed by atoms with Crippen LogP contribution in [0.1, 0.15) is 12.5 Å². The van der Waals surface area contributed by atoms with Crippen molar-refractivity contribution in [3.8, 4) is 17.2 Å². The van der Waals surface area contributed by atoms with Crippen LogP contribution >= 0.6 is 15.9 Å². The van der Waals surface area contributed by atoms with E-state index in [-0.39, 0.29) is 0 Å². The molecule has 0 fully saturated rings. The number of rotatable bonds is 3. The van der Waals surface area contributed by atoms with Crippen molar-refractivity contribution in [1.82, 2.24) is 0 Å². The lowest BCUT2D eigenvalue weighted by molar-refractivity contribution is 0.174. The summed E-state index contributed by atoms with van der Waals surface area (Å²) >= 11 is 3.53. The first-order valence-electron chi connectivity index (χ1n) is 4.81. The first-order chi connectivity index (χ1) is 7.20. The molecule has 1 aromatic carbocycles. The highest BCUT2D eigenvalue weighted by atomic mass is 79.9. The summed E-state index contributed by atoms with van der Waals surface area (Å²) in [5.74, 6) is 2.42. The van der Waals surface area contributed by atoms with Crippen molar-refractivity contribution in [2.24, 2.45) is 0 Å². The SMILES string of the molecule is COc1cc2c(cc1CC(C)Br)OCO2. The molecule has 0 saturated heterocycles. The zero-order valence-corrected chi connectivity index (χ0v) is 10.3. The molecule has 1 heterocycles. The van der Waals surface area contributed by atoms with Crippen molar-refractivity contribution in [2.45, 2.75) is 18.2 Å². The van der Waals surface area contributed by atoms with Crippen LogP contribution in [0.15, 0.2) is 12.1 Å². The molecule has 82 valence electrons. The summed E-state index contributed by atoms with van der Waals surface area (Å²) in [4.78, 5) is 0.409. The predicted octanol–water partition coefficient (Wildman–Crippen LogP) is 2.75. The van der Waals surface area contributed by atoms with E-state index in [0.717, 1.165) is 29.2 Å². The van der Waals surface area contributed by atoms with Crippen LogP contribution in [-0.4, -0.2) is 18.7 Å². The van der Waals surface area contributed by atoms with Crippen LogP contribution in [0.3, 0.4) is 0 Å². The summed E-state index contributed by atoms with van der Waals surface area (Å²) in [6.45, 7) is 2.40. The van der Waals surface area contributed by atoms with E-state index in [4.69, 9.17) is 14.2 Å². The number of methoxy groups -OCH3 is 1. The smallest absolute Gasteiger partial charge is 0.231 e. The molecular weight excluding hydrogens is 260 g/mol. The van der Waals surface area contributed by atoms with Crippen LogP contribution < -0.4 is 14.2 Å².